The largest absolute Gasteiger partial charge is 0.465 e. The SMILES string of the molecule is CCOC(=O)[C@@H](N)CCN(CC#Cc1cccc(C(N)=O)c1)C[C@H]1O[C@@H](n2cnc3c(N)ncnc32)[C@H](O)[C@@H]1O. The molecule has 0 bridgehead atoms. The lowest BCUT2D eigenvalue weighted by atomic mass is 10.1. The van der Waals surface area contributed by atoms with Crippen LogP contribution in [0.3, 0.4) is 0 Å². The number of nitrogens with two attached hydrogens (primary N) is 3. The Kier molecular flexibility index (Phi) is 9.25. The number of esters is 1. The molecular formula is C26H32N8O6. The number of imidazole rings is 1. The number of aromatic nitrogens is 4. The zero-order valence-corrected chi connectivity index (χ0v) is 21.9. The highest BCUT2D eigenvalue weighted by atomic mass is 16.6. The molecule has 1 aliphatic heterocycles. The zero-order valence-electron chi connectivity index (χ0n) is 21.9. The van der Waals surface area contributed by atoms with Gasteiger partial charge in [-0.3, -0.25) is 19.1 Å². The minimum absolute atomic E-state index is 0.157. The van der Waals surface area contributed by atoms with Crippen molar-refractivity contribution in [2.24, 2.45) is 11.5 Å². The number of aliphatic hydroxyl groups excluding tert-OH is 2. The van der Waals surface area contributed by atoms with Crippen LogP contribution in [0, 0.1) is 11.8 Å². The number of benzene rings is 1. The number of nitrogens with zero attached hydrogens (tertiary/aromatic N) is 5. The Morgan fingerprint density at radius 2 is 2.05 bits per heavy atom. The van der Waals surface area contributed by atoms with Gasteiger partial charge in [-0.25, -0.2) is 15.0 Å². The predicted octanol–water partition coefficient (Wildman–Crippen LogP) is -1.24. The van der Waals surface area contributed by atoms with Gasteiger partial charge in [-0.1, -0.05) is 17.9 Å². The Morgan fingerprint density at radius 1 is 1.25 bits per heavy atom. The van der Waals surface area contributed by atoms with E-state index >= 15 is 0 Å². The lowest BCUT2D eigenvalue weighted by Gasteiger charge is -2.25. The highest BCUT2D eigenvalue weighted by molar-refractivity contribution is 5.93. The number of hydrogen-bond acceptors (Lipinski definition) is 12. The van der Waals surface area contributed by atoms with Crippen LogP contribution in [0.25, 0.3) is 11.2 Å². The van der Waals surface area contributed by atoms with E-state index in [2.05, 4.69) is 26.8 Å². The second-order valence-corrected chi connectivity index (χ2v) is 9.26. The van der Waals surface area contributed by atoms with Crippen molar-refractivity contribution in [2.75, 3.05) is 32.0 Å². The van der Waals surface area contributed by atoms with Crippen molar-refractivity contribution < 1.29 is 29.3 Å². The van der Waals surface area contributed by atoms with Crippen molar-refractivity contribution in [3.05, 3.63) is 48.0 Å². The Bertz CT molecular complexity index is 1420. The summed E-state index contributed by atoms with van der Waals surface area (Å²) in [6, 6.07) is 5.77. The number of amides is 1. The summed E-state index contributed by atoms with van der Waals surface area (Å²) in [5.74, 6) is 5.13. The topological polar surface area (TPSA) is 218 Å². The van der Waals surface area contributed by atoms with Crippen LogP contribution in [0.5, 0.6) is 0 Å². The minimum atomic E-state index is -1.29. The van der Waals surface area contributed by atoms with Crippen LogP contribution in [0.2, 0.25) is 0 Å². The molecule has 0 spiro atoms. The number of ether oxygens (including phenoxy) is 2. The molecule has 1 amide bonds. The van der Waals surface area contributed by atoms with Gasteiger partial charge in [0.25, 0.3) is 0 Å². The van der Waals surface area contributed by atoms with E-state index in [4.69, 9.17) is 26.7 Å². The Hall–Kier alpha value is -4.13. The van der Waals surface area contributed by atoms with E-state index < -0.39 is 42.5 Å². The summed E-state index contributed by atoms with van der Waals surface area (Å²) < 4.78 is 12.6. The van der Waals surface area contributed by atoms with Gasteiger partial charge in [0.05, 0.1) is 19.5 Å². The molecule has 1 fully saturated rings. The number of carbonyl (C=O) groups excluding carboxylic acids is 2. The van der Waals surface area contributed by atoms with Gasteiger partial charge in [0.1, 0.15) is 36.2 Å². The third kappa shape index (κ3) is 6.53. The van der Waals surface area contributed by atoms with Crippen molar-refractivity contribution in [1.29, 1.82) is 0 Å². The third-order valence-corrected chi connectivity index (χ3v) is 6.46. The minimum Gasteiger partial charge on any atom is -0.465 e. The van der Waals surface area contributed by atoms with E-state index in [1.165, 1.54) is 17.2 Å². The van der Waals surface area contributed by atoms with Crippen molar-refractivity contribution >= 4 is 28.9 Å². The fourth-order valence-electron chi connectivity index (χ4n) is 4.35. The molecule has 8 N–H and O–H groups in total. The summed E-state index contributed by atoms with van der Waals surface area (Å²) in [6.07, 6.45) is -1.39. The lowest BCUT2D eigenvalue weighted by Crippen LogP contribution is -2.43. The second kappa shape index (κ2) is 12.8. The van der Waals surface area contributed by atoms with Crippen LogP contribution in [0.15, 0.2) is 36.9 Å². The molecule has 0 saturated carbocycles. The quantitative estimate of drug-likeness (QED) is 0.147. The third-order valence-electron chi connectivity index (χ3n) is 6.46. The molecule has 14 nitrogen and oxygen atoms in total. The Morgan fingerprint density at radius 3 is 2.80 bits per heavy atom. The van der Waals surface area contributed by atoms with E-state index in [1.807, 2.05) is 4.90 Å². The van der Waals surface area contributed by atoms with Crippen LogP contribution in [-0.2, 0) is 14.3 Å². The summed E-state index contributed by atoms with van der Waals surface area (Å²) in [5, 5.41) is 21.7. The van der Waals surface area contributed by atoms with Gasteiger partial charge >= 0.3 is 5.97 Å². The summed E-state index contributed by atoms with van der Waals surface area (Å²) in [5.41, 5.74) is 18.8. The molecule has 0 radical (unpaired) electrons. The predicted molar refractivity (Wildman–Crippen MR) is 143 cm³/mol. The number of primary amides is 1. The molecule has 14 heteroatoms. The number of hydrogen-bond donors (Lipinski definition) is 5. The van der Waals surface area contributed by atoms with Crippen LogP contribution in [-0.4, -0.2) is 97.1 Å². The normalized spacial score (nSPS) is 21.2. The van der Waals surface area contributed by atoms with Gasteiger partial charge in [0, 0.05) is 24.2 Å². The maximum atomic E-state index is 12.0. The number of rotatable bonds is 10. The van der Waals surface area contributed by atoms with Gasteiger partial charge in [0.2, 0.25) is 5.91 Å². The van der Waals surface area contributed by atoms with Crippen LogP contribution < -0.4 is 17.2 Å². The molecule has 1 aromatic carbocycles. The van der Waals surface area contributed by atoms with Crippen molar-refractivity contribution in [3.63, 3.8) is 0 Å². The molecule has 5 atom stereocenters. The number of nitrogen functional groups attached to an aromatic ring is 1. The summed E-state index contributed by atoms with van der Waals surface area (Å²) in [6.45, 7) is 2.60. The first kappa shape index (κ1) is 28.9. The van der Waals surface area contributed by atoms with Gasteiger partial charge in [-0.05, 0) is 31.5 Å². The van der Waals surface area contributed by atoms with Crippen molar-refractivity contribution in [2.45, 2.75) is 43.9 Å². The molecule has 4 rings (SSSR count). The standard InChI is InChI=1S/C26H32N8O6/c1-2-39-26(38)17(27)8-10-33(9-4-6-15-5-3-7-16(11-15)23(29)37)12-18-20(35)21(36)25(40-18)34-14-32-19-22(28)30-13-31-24(19)34/h3,5,7,11,13-14,17-18,20-21,25,35-36H,2,8-10,12,27H2,1H3,(H2,29,37)(H2,28,30,31)/t17-,18+,20+,21+,25+/m0/s1. The monoisotopic (exact) mass is 552 g/mol. The lowest BCUT2D eigenvalue weighted by molar-refractivity contribution is -0.144. The van der Waals surface area contributed by atoms with E-state index in [0.29, 0.717) is 28.8 Å². The van der Waals surface area contributed by atoms with Gasteiger partial charge < -0.3 is 36.9 Å². The van der Waals surface area contributed by atoms with Crippen molar-refractivity contribution in [3.8, 4) is 11.8 Å². The first-order chi connectivity index (χ1) is 19.2. The van der Waals surface area contributed by atoms with E-state index in [-0.39, 0.29) is 31.9 Å². The fraction of sp³-hybridized carbons (Fsp3) is 0.423. The number of aliphatic hydroxyl groups is 2. The average Bonchev–Trinajstić information content (AvgIpc) is 3.49. The molecule has 0 aliphatic carbocycles. The van der Waals surface area contributed by atoms with Crippen LogP contribution in [0.1, 0.15) is 35.5 Å². The van der Waals surface area contributed by atoms with E-state index in [0.717, 1.165) is 0 Å². The summed E-state index contributed by atoms with van der Waals surface area (Å²) in [7, 11) is 0. The van der Waals surface area contributed by atoms with Gasteiger partial charge in [-0.2, -0.15) is 0 Å². The molecule has 1 saturated heterocycles. The van der Waals surface area contributed by atoms with E-state index in [9.17, 15) is 19.8 Å². The van der Waals surface area contributed by atoms with Crippen LogP contribution >= 0.6 is 0 Å². The maximum Gasteiger partial charge on any atom is 0.322 e. The summed E-state index contributed by atoms with van der Waals surface area (Å²) in [4.78, 5) is 37.6. The Labute approximate surface area is 230 Å². The first-order valence-corrected chi connectivity index (χ1v) is 12.7. The van der Waals surface area contributed by atoms with Crippen molar-refractivity contribution in [1.82, 2.24) is 24.4 Å². The Balaban J connectivity index is 1.50. The maximum absolute atomic E-state index is 12.0. The second-order valence-electron chi connectivity index (χ2n) is 9.26. The molecule has 0 unspecified atom stereocenters. The first-order valence-electron chi connectivity index (χ1n) is 12.7. The van der Waals surface area contributed by atoms with E-state index in [1.54, 1.807) is 31.2 Å². The van der Waals surface area contributed by atoms with Crippen LogP contribution in [0.4, 0.5) is 5.82 Å². The zero-order chi connectivity index (χ0) is 28.8. The molecule has 1 aliphatic rings. The molecule has 212 valence electrons. The smallest absolute Gasteiger partial charge is 0.322 e. The summed E-state index contributed by atoms with van der Waals surface area (Å²) >= 11 is 0. The molecule has 3 aromatic rings. The molecule has 2 aromatic heterocycles. The van der Waals surface area contributed by atoms with Gasteiger partial charge in [0.15, 0.2) is 17.7 Å². The molecule has 3 heterocycles. The average molecular weight is 553 g/mol. The number of carbonyl (C=O) groups is 2. The molecular weight excluding hydrogens is 520 g/mol. The highest BCUT2D eigenvalue weighted by Crippen LogP contribution is 2.32. The molecule has 40 heavy (non-hydrogen) atoms. The van der Waals surface area contributed by atoms with Gasteiger partial charge in [-0.15, -0.1) is 0 Å². The number of anilines is 1. The fourth-order valence-corrected chi connectivity index (χ4v) is 4.35. The number of fused-ring (bicyclic) bond motifs is 1. The highest BCUT2D eigenvalue weighted by Gasteiger charge is 2.44.